The second kappa shape index (κ2) is 5.22. The first kappa shape index (κ1) is 11.9. The highest BCUT2D eigenvalue weighted by atomic mass is 16.6. The summed E-state index contributed by atoms with van der Waals surface area (Å²) in [6.45, 7) is 4.11. The van der Waals surface area contributed by atoms with E-state index in [0.29, 0.717) is 13.2 Å². The number of benzene rings is 2. The molecule has 0 fully saturated rings. The van der Waals surface area contributed by atoms with Crippen LogP contribution in [-0.2, 0) is 6.54 Å². The van der Waals surface area contributed by atoms with Crippen molar-refractivity contribution in [1.82, 2.24) is 0 Å². The number of nitrogens with one attached hydrogen (secondary N) is 1. The summed E-state index contributed by atoms with van der Waals surface area (Å²) >= 11 is 0. The maximum absolute atomic E-state index is 5.68. The van der Waals surface area contributed by atoms with E-state index in [1.165, 1.54) is 5.56 Å². The first-order valence-corrected chi connectivity index (χ1v) is 6.51. The average molecular weight is 255 g/mol. The SMILES string of the molecule is Cc1c(NCc2ccccc2)ccc2c1OCCO2. The summed E-state index contributed by atoms with van der Waals surface area (Å²) in [7, 11) is 0. The molecule has 0 saturated heterocycles. The second-order valence-corrected chi connectivity index (χ2v) is 4.60. The van der Waals surface area contributed by atoms with Crippen molar-refractivity contribution in [3.05, 3.63) is 53.6 Å². The second-order valence-electron chi connectivity index (χ2n) is 4.60. The highest BCUT2D eigenvalue weighted by molar-refractivity contribution is 5.62. The summed E-state index contributed by atoms with van der Waals surface area (Å²) in [6, 6.07) is 14.4. The lowest BCUT2D eigenvalue weighted by Gasteiger charge is -2.22. The zero-order chi connectivity index (χ0) is 13.1. The van der Waals surface area contributed by atoms with Crippen LogP contribution < -0.4 is 14.8 Å². The summed E-state index contributed by atoms with van der Waals surface area (Å²) in [6.07, 6.45) is 0. The Morgan fingerprint density at radius 3 is 2.63 bits per heavy atom. The lowest BCUT2D eigenvalue weighted by atomic mass is 10.1. The predicted octanol–water partition coefficient (Wildman–Crippen LogP) is 3.38. The molecule has 98 valence electrons. The van der Waals surface area contributed by atoms with E-state index in [4.69, 9.17) is 9.47 Å². The van der Waals surface area contributed by atoms with E-state index in [2.05, 4.69) is 24.4 Å². The molecule has 0 spiro atoms. The van der Waals surface area contributed by atoms with Crippen LogP contribution in [-0.4, -0.2) is 13.2 Å². The Labute approximate surface area is 113 Å². The summed E-state index contributed by atoms with van der Waals surface area (Å²) in [5, 5.41) is 3.44. The third-order valence-corrected chi connectivity index (χ3v) is 3.28. The number of ether oxygens (including phenoxy) is 2. The first-order valence-electron chi connectivity index (χ1n) is 6.51. The van der Waals surface area contributed by atoms with E-state index < -0.39 is 0 Å². The van der Waals surface area contributed by atoms with E-state index in [1.54, 1.807) is 0 Å². The van der Waals surface area contributed by atoms with Crippen molar-refractivity contribution in [2.45, 2.75) is 13.5 Å². The summed E-state index contributed by atoms with van der Waals surface area (Å²) in [5.41, 5.74) is 3.46. The van der Waals surface area contributed by atoms with E-state index in [-0.39, 0.29) is 0 Å². The van der Waals surface area contributed by atoms with Crippen LogP contribution in [0.4, 0.5) is 5.69 Å². The molecular weight excluding hydrogens is 238 g/mol. The quantitative estimate of drug-likeness (QED) is 0.912. The Balaban J connectivity index is 1.78. The molecule has 1 heterocycles. The number of fused-ring (bicyclic) bond motifs is 1. The van der Waals surface area contributed by atoms with Gasteiger partial charge in [0.05, 0.1) is 0 Å². The minimum atomic E-state index is 0.621. The van der Waals surface area contributed by atoms with E-state index in [9.17, 15) is 0 Å². The van der Waals surface area contributed by atoms with Crippen molar-refractivity contribution in [1.29, 1.82) is 0 Å². The third-order valence-electron chi connectivity index (χ3n) is 3.28. The van der Waals surface area contributed by atoms with Gasteiger partial charge in [0.15, 0.2) is 11.5 Å². The van der Waals surface area contributed by atoms with Gasteiger partial charge in [-0.25, -0.2) is 0 Å². The van der Waals surface area contributed by atoms with Gasteiger partial charge in [-0.1, -0.05) is 30.3 Å². The molecule has 0 bridgehead atoms. The maximum Gasteiger partial charge on any atom is 0.166 e. The predicted molar refractivity (Wildman–Crippen MR) is 75.9 cm³/mol. The Bertz CT molecular complexity index is 566. The fraction of sp³-hybridized carbons (Fsp3) is 0.250. The van der Waals surface area contributed by atoms with Crippen LogP contribution >= 0.6 is 0 Å². The molecule has 19 heavy (non-hydrogen) atoms. The maximum atomic E-state index is 5.68. The smallest absolute Gasteiger partial charge is 0.166 e. The van der Waals surface area contributed by atoms with Crippen molar-refractivity contribution in [2.24, 2.45) is 0 Å². The van der Waals surface area contributed by atoms with Crippen LogP contribution in [0.3, 0.4) is 0 Å². The molecule has 0 amide bonds. The molecule has 2 aromatic carbocycles. The van der Waals surface area contributed by atoms with Crippen molar-refractivity contribution < 1.29 is 9.47 Å². The molecule has 0 saturated carbocycles. The molecular formula is C16H17NO2. The van der Waals surface area contributed by atoms with Crippen LogP contribution in [0.25, 0.3) is 0 Å². The summed E-state index contributed by atoms with van der Waals surface area (Å²) < 4.78 is 11.3. The van der Waals surface area contributed by atoms with Crippen molar-refractivity contribution in [3.63, 3.8) is 0 Å². The van der Waals surface area contributed by atoms with Gasteiger partial charge < -0.3 is 14.8 Å². The molecule has 3 heteroatoms. The van der Waals surface area contributed by atoms with Gasteiger partial charge in [0.2, 0.25) is 0 Å². The molecule has 0 aromatic heterocycles. The first-order chi connectivity index (χ1) is 9.34. The average Bonchev–Trinajstić information content (AvgIpc) is 2.48. The van der Waals surface area contributed by atoms with Gasteiger partial charge in [-0.05, 0) is 24.6 Å². The Kier molecular flexibility index (Phi) is 3.27. The highest BCUT2D eigenvalue weighted by Gasteiger charge is 2.16. The Morgan fingerprint density at radius 1 is 1.00 bits per heavy atom. The van der Waals surface area contributed by atoms with E-state index in [1.807, 2.05) is 30.3 Å². The fourth-order valence-corrected chi connectivity index (χ4v) is 2.24. The lowest BCUT2D eigenvalue weighted by molar-refractivity contribution is 0.170. The van der Waals surface area contributed by atoms with Crippen molar-refractivity contribution in [3.8, 4) is 11.5 Å². The Hall–Kier alpha value is -2.16. The zero-order valence-corrected chi connectivity index (χ0v) is 11.0. The van der Waals surface area contributed by atoms with Crippen molar-refractivity contribution in [2.75, 3.05) is 18.5 Å². The number of hydrogen-bond donors (Lipinski definition) is 1. The molecule has 0 radical (unpaired) electrons. The number of hydrogen-bond acceptors (Lipinski definition) is 3. The topological polar surface area (TPSA) is 30.5 Å². The number of anilines is 1. The van der Waals surface area contributed by atoms with Crippen LogP contribution in [0, 0.1) is 6.92 Å². The van der Waals surface area contributed by atoms with E-state index in [0.717, 1.165) is 29.3 Å². The minimum absolute atomic E-state index is 0.621. The fourth-order valence-electron chi connectivity index (χ4n) is 2.24. The summed E-state index contributed by atoms with van der Waals surface area (Å²) in [5.74, 6) is 1.71. The van der Waals surface area contributed by atoms with E-state index >= 15 is 0 Å². The largest absolute Gasteiger partial charge is 0.486 e. The van der Waals surface area contributed by atoms with Crippen LogP contribution in [0.5, 0.6) is 11.5 Å². The minimum Gasteiger partial charge on any atom is -0.486 e. The summed E-state index contributed by atoms with van der Waals surface area (Å²) in [4.78, 5) is 0. The number of rotatable bonds is 3. The monoisotopic (exact) mass is 255 g/mol. The molecule has 3 rings (SSSR count). The van der Waals surface area contributed by atoms with Gasteiger partial charge in [0, 0.05) is 17.8 Å². The van der Waals surface area contributed by atoms with Gasteiger partial charge in [0.25, 0.3) is 0 Å². The molecule has 0 aliphatic carbocycles. The molecule has 0 atom stereocenters. The highest BCUT2D eigenvalue weighted by Crippen LogP contribution is 2.37. The van der Waals surface area contributed by atoms with Gasteiger partial charge in [0.1, 0.15) is 13.2 Å². The molecule has 1 aliphatic heterocycles. The van der Waals surface area contributed by atoms with Gasteiger partial charge in [-0.3, -0.25) is 0 Å². The standard InChI is InChI=1S/C16H17NO2/c1-12-14(17-11-13-5-3-2-4-6-13)7-8-15-16(12)19-10-9-18-15/h2-8,17H,9-11H2,1H3. The molecule has 3 nitrogen and oxygen atoms in total. The van der Waals surface area contributed by atoms with Gasteiger partial charge in [-0.2, -0.15) is 0 Å². The normalized spacial score (nSPS) is 13.1. The zero-order valence-electron chi connectivity index (χ0n) is 11.0. The molecule has 1 aliphatic rings. The Morgan fingerprint density at radius 2 is 1.79 bits per heavy atom. The molecule has 1 N–H and O–H groups in total. The molecule has 0 unspecified atom stereocenters. The third kappa shape index (κ3) is 2.50. The van der Waals surface area contributed by atoms with Gasteiger partial charge >= 0.3 is 0 Å². The van der Waals surface area contributed by atoms with Crippen LogP contribution in [0.2, 0.25) is 0 Å². The van der Waals surface area contributed by atoms with Crippen LogP contribution in [0.1, 0.15) is 11.1 Å². The van der Waals surface area contributed by atoms with Crippen LogP contribution in [0.15, 0.2) is 42.5 Å². The van der Waals surface area contributed by atoms with Crippen molar-refractivity contribution >= 4 is 5.69 Å². The van der Waals surface area contributed by atoms with Gasteiger partial charge in [-0.15, -0.1) is 0 Å². The molecule has 2 aromatic rings. The lowest BCUT2D eigenvalue weighted by Crippen LogP contribution is -2.16.